The van der Waals surface area contributed by atoms with Crippen LogP contribution in [-0.2, 0) is 4.79 Å². The van der Waals surface area contributed by atoms with Crippen LogP contribution < -0.4 is 4.90 Å². The molecule has 0 unspecified atom stereocenters. The second-order valence-electron chi connectivity index (χ2n) is 5.47. The zero-order chi connectivity index (χ0) is 14.5. The molecule has 2 rings (SSSR count). The maximum absolute atomic E-state index is 10.9. The summed E-state index contributed by atoms with van der Waals surface area (Å²) in [6, 6.07) is 0. The Morgan fingerprint density at radius 3 is 2.50 bits per heavy atom. The van der Waals surface area contributed by atoms with E-state index in [0.29, 0.717) is 16.9 Å². The second-order valence-corrected chi connectivity index (χ2v) is 5.90. The van der Waals surface area contributed by atoms with Crippen LogP contribution in [-0.4, -0.2) is 34.6 Å². The van der Waals surface area contributed by atoms with E-state index in [2.05, 4.69) is 9.97 Å². The summed E-state index contributed by atoms with van der Waals surface area (Å²) in [5.74, 6) is 0.507. The first-order chi connectivity index (χ1) is 9.56. The van der Waals surface area contributed by atoms with Crippen molar-refractivity contribution < 1.29 is 9.90 Å². The Morgan fingerprint density at radius 2 is 1.95 bits per heavy atom. The zero-order valence-corrected chi connectivity index (χ0v) is 12.4. The van der Waals surface area contributed by atoms with Gasteiger partial charge in [-0.05, 0) is 38.0 Å². The number of rotatable bonds is 5. The molecule has 0 atom stereocenters. The number of carboxylic acid groups (broad SMARTS) is 1. The Morgan fingerprint density at radius 1 is 1.35 bits per heavy atom. The number of halogens is 1. The van der Waals surface area contributed by atoms with Crippen LogP contribution in [0.3, 0.4) is 0 Å². The molecule has 0 aromatic carbocycles. The molecule has 0 spiro atoms. The lowest BCUT2D eigenvalue weighted by Gasteiger charge is -2.27. The molecule has 1 aromatic rings. The van der Waals surface area contributed by atoms with E-state index in [9.17, 15) is 4.79 Å². The summed E-state index contributed by atoms with van der Waals surface area (Å²) >= 11 is 5.76. The normalized spacial score (nSPS) is 22.5. The molecule has 0 radical (unpaired) electrons. The third-order valence-electron chi connectivity index (χ3n) is 4.02. The first-order valence-corrected chi connectivity index (χ1v) is 7.35. The van der Waals surface area contributed by atoms with Gasteiger partial charge in [-0.2, -0.15) is 0 Å². The maximum Gasteiger partial charge on any atom is 0.306 e. The molecule has 1 heterocycles. The van der Waals surface area contributed by atoms with Gasteiger partial charge in [0.25, 0.3) is 0 Å². The van der Waals surface area contributed by atoms with Crippen LogP contribution in [0, 0.1) is 11.8 Å². The summed E-state index contributed by atoms with van der Waals surface area (Å²) in [5.41, 5.74) is 0. The lowest BCUT2D eigenvalue weighted by molar-refractivity contribution is -0.143. The van der Waals surface area contributed by atoms with Crippen LogP contribution in [0.5, 0.6) is 0 Å². The molecule has 1 saturated carbocycles. The largest absolute Gasteiger partial charge is 0.481 e. The van der Waals surface area contributed by atoms with E-state index in [0.717, 1.165) is 38.6 Å². The summed E-state index contributed by atoms with van der Waals surface area (Å²) < 4.78 is 0. The fraction of sp³-hybridized carbons (Fsp3) is 0.643. The van der Waals surface area contributed by atoms with Gasteiger partial charge in [0, 0.05) is 13.6 Å². The number of aromatic nitrogens is 2. The quantitative estimate of drug-likeness (QED) is 0.905. The molecule has 5 nitrogen and oxygen atoms in total. The first-order valence-electron chi connectivity index (χ1n) is 6.97. The zero-order valence-electron chi connectivity index (χ0n) is 11.6. The molecule has 1 aromatic heterocycles. The van der Waals surface area contributed by atoms with E-state index in [1.54, 1.807) is 12.4 Å². The smallest absolute Gasteiger partial charge is 0.306 e. The Balaban J connectivity index is 1.75. The van der Waals surface area contributed by atoms with Crippen molar-refractivity contribution in [2.75, 3.05) is 18.5 Å². The molecule has 0 saturated heterocycles. The van der Waals surface area contributed by atoms with E-state index in [1.165, 1.54) is 0 Å². The average Bonchev–Trinajstić information content (AvgIpc) is 2.46. The van der Waals surface area contributed by atoms with Gasteiger partial charge in [-0.3, -0.25) is 4.79 Å². The van der Waals surface area contributed by atoms with Gasteiger partial charge in [-0.1, -0.05) is 11.6 Å². The standard InChI is InChI=1S/C14H20ClN3O2/c1-18(14-16-8-12(15)9-17-14)7-6-10-2-4-11(5-3-10)13(19)20/h8-11H,2-7H2,1H3,(H,19,20). The van der Waals surface area contributed by atoms with E-state index in [1.807, 2.05) is 11.9 Å². The van der Waals surface area contributed by atoms with Crippen LogP contribution in [0.15, 0.2) is 12.4 Å². The number of nitrogens with zero attached hydrogens (tertiary/aromatic N) is 3. The van der Waals surface area contributed by atoms with Crippen LogP contribution in [0.1, 0.15) is 32.1 Å². The van der Waals surface area contributed by atoms with Gasteiger partial charge in [0.2, 0.25) is 5.95 Å². The average molecular weight is 298 g/mol. The van der Waals surface area contributed by atoms with Gasteiger partial charge < -0.3 is 10.0 Å². The van der Waals surface area contributed by atoms with Crippen LogP contribution in [0.25, 0.3) is 0 Å². The third kappa shape index (κ3) is 4.07. The lowest BCUT2D eigenvalue weighted by atomic mass is 9.80. The van der Waals surface area contributed by atoms with Gasteiger partial charge >= 0.3 is 5.97 Å². The van der Waals surface area contributed by atoms with Crippen LogP contribution in [0.2, 0.25) is 5.02 Å². The summed E-state index contributed by atoms with van der Waals surface area (Å²) in [4.78, 5) is 21.3. The molecule has 0 aliphatic heterocycles. The van der Waals surface area contributed by atoms with Crippen molar-refractivity contribution in [3.05, 3.63) is 17.4 Å². The molecule has 1 N–H and O–H groups in total. The summed E-state index contributed by atoms with van der Waals surface area (Å²) in [7, 11) is 1.96. The van der Waals surface area contributed by atoms with E-state index < -0.39 is 5.97 Å². The molecular formula is C14H20ClN3O2. The molecular weight excluding hydrogens is 278 g/mol. The molecule has 0 amide bonds. The third-order valence-corrected chi connectivity index (χ3v) is 4.21. The van der Waals surface area contributed by atoms with Crippen molar-refractivity contribution in [1.82, 2.24) is 9.97 Å². The van der Waals surface area contributed by atoms with Gasteiger partial charge in [0.15, 0.2) is 0 Å². The molecule has 1 fully saturated rings. The van der Waals surface area contributed by atoms with Crippen LogP contribution in [0.4, 0.5) is 5.95 Å². The minimum atomic E-state index is -0.643. The Hall–Kier alpha value is -1.36. The van der Waals surface area contributed by atoms with Crippen molar-refractivity contribution in [3.63, 3.8) is 0 Å². The van der Waals surface area contributed by atoms with Crippen molar-refractivity contribution in [1.29, 1.82) is 0 Å². The van der Waals surface area contributed by atoms with E-state index in [-0.39, 0.29) is 5.92 Å². The highest BCUT2D eigenvalue weighted by Crippen LogP contribution is 2.31. The van der Waals surface area contributed by atoms with Gasteiger partial charge in [0.1, 0.15) is 0 Å². The molecule has 20 heavy (non-hydrogen) atoms. The highest BCUT2D eigenvalue weighted by molar-refractivity contribution is 6.30. The highest BCUT2D eigenvalue weighted by Gasteiger charge is 2.25. The fourth-order valence-electron chi connectivity index (χ4n) is 2.68. The minimum Gasteiger partial charge on any atom is -0.481 e. The highest BCUT2D eigenvalue weighted by atomic mass is 35.5. The van der Waals surface area contributed by atoms with Crippen molar-refractivity contribution >= 4 is 23.5 Å². The number of hydrogen-bond acceptors (Lipinski definition) is 4. The van der Waals surface area contributed by atoms with Gasteiger partial charge in [-0.25, -0.2) is 9.97 Å². The molecule has 6 heteroatoms. The van der Waals surface area contributed by atoms with Crippen molar-refractivity contribution in [3.8, 4) is 0 Å². The monoisotopic (exact) mass is 297 g/mol. The molecule has 0 bridgehead atoms. The van der Waals surface area contributed by atoms with Gasteiger partial charge in [-0.15, -0.1) is 0 Å². The maximum atomic E-state index is 10.9. The SMILES string of the molecule is CN(CCC1CCC(C(=O)O)CC1)c1ncc(Cl)cn1. The molecule has 1 aliphatic carbocycles. The van der Waals surface area contributed by atoms with Crippen LogP contribution >= 0.6 is 11.6 Å². The second kappa shape index (κ2) is 6.88. The Kier molecular flexibility index (Phi) is 5.17. The minimum absolute atomic E-state index is 0.136. The summed E-state index contributed by atoms with van der Waals surface area (Å²) in [5, 5.41) is 9.51. The number of hydrogen-bond donors (Lipinski definition) is 1. The predicted molar refractivity (Wildman–Crippen MR) is 78.0 cm³/mol. The molecule has 1 aliphatic rings. The Bertz CT molecular complexity index is 444. The van der Waals surface area contributed by atoms with Crippen molar-refractivity contribution in [2.24, 2.45) is 11.8 Å². The number of carboxylic acids is 1. The Labute approximate surface area is 124 Å². The first kappa shape index (κ1) is 15.0. The van der Waals surface area contributed by atoms with E-state index >= 15 is 0 Å². The van der Waals surface area contributed by atoms with Gasteiger partial charge in [0.05, 0.1) is 23.3 Å². The van der Waals surface area contributed by atoms with Crippen molar-refractivity contribution in [2.45, 2.75) is 32.1 Å². The number of carbonyl (C=O) groups is 1. The lowest BCUT2D eigenvalue weighted by Crippen LogP contribution is -2.26. The topological polar surface area (TPSA) is 66.3 Å². The summed E-state index contributed by atoms with van der Waals surface area (Å²) in [6.45, 7) is 0.879. The van der Waals surface area contributed by atoms with E-state index in [4.69, 9.17) is 16.7 Å². The fourth-order valence-corrected chi connectivity index (χ4v) is 2.77. The molecule has 110 valence electrons. The predicted octanol–water partition coefficient (Wildman–Crippen LogP) is 2.85. The number of anilines is 1. The number of aliphatic carboxylic acids is 1. The summed E-state index contributed by atoms with van der Waals surface area (Å²) in [6.07, 6.45) is 7.87.